The highest BCUT2D eigenvalue weighted by molar-refractivity contribution is 5.97. The second-order valence-electron chi connectivity index (χ2n) is 5.42. The molecule has 2 amide bonds. The summed E-state index contributed by atoms with van der Waals surface area (Å²) in [6, 6.07) is 5.82. The summed E-state index contributed by atoms with van der Waals surface area (Å²) in [5.41, 5.74) is 3.64. The highest BCUT2D eigenvalue weighted by Crippen LogP contribution is 2.27. The first-order chi connectivity index (χ1) is 10.5. The van der Waals surface area contributed by atoms with Gasteiger partial charge in [-0.15, -0.1) is 0 Å². The number of amides is 2. The topological polar surface area (TPSA) is 102 Å². The van der Waals surface area contributed by atoms with Crippen LogP contribution in [0.25, 0.3) is 10.9 Å². The van der Waals surface area contributed by atoms with Gasteiger partial charge in [-0.2, -0.15) is 5.10 Å². The number of hydrazine groups is 1. The van der Waals surface area contributed by atoms with E-state index >= 15 is 0 Å². The van der Waals surface area contributed by atoms with Gasteiger partial charge in [0.15, 0.2) is 0 Å². The summed E-state index contributed by atoms with van der Waals surface area (Å²) in [4.78, 5) is 24.8. The molecule has 1 aromatic heterocycles. The molecule has 8 heteroatoms. The highest BCUT2D eigenvalue weighted by Gasteiger charge is 2.36. The fraction of sp³-hybridized carbons (Fsp3) is 0.357. The molecule has 8 nitrogen and oxygen atoms in total. The normalized spacial score (nSPS) is 18.1. The SMILES string of the molecule is CC(C)n1ncc2cc(N3C[C@H](C(=O)NN)OC3=O)ccc21. The summed E-state index contributed by atoms with van der Waals surface area (Å²) in [7, 11) is 0. The van der Waals surface area contributed by atoms with E-state index in [9.17, 15) is 9.59 Å². The molecule has 22 heavy (non-hydrogen) atoms. The Kier molecular flexibility index (Phi) is 3.45. The Balaban J connectivity index is 1.91. The van der Waals surface area contributed by atoms with Crippen LogP contribution in [-0.2, 0) is 9.53 Å². The smallest absolute Gasteiger partial charge is 0.415 e. The summed E-state index contributed by atoms with van der Waals surface area (Å²) in [6.07, 6.45) is 0.292. The number of nitrogens with zero attached hydrogens (tertiary/aromatic N) is 3. The maximum Gasteiger partial charge on any atom is 0.415 e. The first-order valence-corrected chi connectivity index (χ1v) is 6.97. The van der Waals surface area contributed by atoms with Gasteiger partial charge in [-0.25, -0.2) is 10.6 Å². The average molecular weight is 303 g/mol. The number of nitrogens with one attached hydrogen (secondary N) is 1. The van der Waals surface area contributed by atoms with Gasteiger partial charge < -0.3 is 4.74 Å². The van der Waals surface area contributed by atoms with Gasteiger partial charge in [0.25, 0.3) is 5.91 Å². The Morgan fingerprint density at radius 3 is 2.95 bits per heavy atom. The minimum Gasteiger partial charge on any atom is -0.434 e. The number of cyclic esters (lactones) is 1. The van der Waals surface area contributed by atoms with Crippen molar-refractivity contribution in [2.24, 2.45) is 5.84 Å². The van der Waals surface area contributed by atoms with Crippen LogP contribution in [0.1, 0.15) is 19.9 Å². The Bertz CT molecular complexity index is 739. The number of nitrogens with two attached hydrogens (primary N) is 1. The van der Waals surface area contributed by atoms with Gasteiger partial charge in [0.1, 0.15) is 0 Å². The molecule has 1 aliphatic rings. The molecule has 116 valence electrons. The Morgan fingerprint density at radius 2 is 2.27 bits per heavy atom. The second-order valence-corrected chi connectivity index (χ2v) is 5.42. The molecule has 0 bridgehead atoms. The monoisotopic (exact) mass is 303 g/mol. The van der Waals surface area contributed by atoms with Crippen LogP contribution >= 0.6 is 0 Å². The van der Waals surface area contributed by atoms with Crippen LogP contribution < -0.4 is 16.2 Å². The highest BCUT2D eigenvalue weighted by atomic mass is 16.6. The largest absolute Gasteiger partial charge is 0.434 e. The summed E-state index contributed by atoms with van der Waals surface area (Å²) < 4.78 is 6.92. The van der Waals surface area contributed by atoms with E-state index in [4.69, 9.17) is 10.6 Å². The third-order valence-corrected chi connectivity index (χ3v) is 3.63. The standard InChI is InChI=1S/C14H17N5O3/c1-8(2)19-11-4-3-10(5-9(11)6-16-19)18-7-12(13(20)17-15)22-14(18)21/h3-6,8,12H,7,15H2,1-2H3,(H,17,20)/t12-/m1/s1. The minimum atomic E-state index is -0.897. The minimum absolute atomic E-state index is 0.131. The number of aromatic nitrogens is 2. The zero-order valence-electron chi connectivity index (χ0n) is 12.3. The van der Waals surface area contributed by atoms with E-state index in [0.717, 1.165) is 10.9 Å². The van der Waals surface area contributed by atoms with Crippen molar-refractivity contribution in [3.05, 3.63) is 24.4 Å². The van der Waals surface area contributed by atoms with Crippen LogP contribution in [0.15, 0.2) is 24.4 Å². The first kappa shape index (κ1) is 14.3. The van der Waals surface area contributed by atoms with Crippen LogP contribution in [0, 0.1) is 0 Å². The molecule has 0 unspecified atom stereocenters. The molecule has 2 aromatic rings. The van der Waals surface area contributed by atoms with E-state index in [1.807, 2.05) is 42.2 Å². The zero-order valence-corrected chi connectivity index (χ0v) is 12.3. The summed E-state index contributed by atoms with van der Waals surface area (Å²) >= 11 is 0. The predicted octanol–water partition coefficient (Wildman–Crippen LogP) is 0.932. The van der Waals surface area contributed by atoms with Crippen molar-refractivity contribution in [2.45, 2.75) is 26.0 Å². The number of rotatable bonds is 3. The van der Waals surface area contributed by atoms with E-state index in [1.54, 1.807) is 6.20 Å². The van der Waals surface area contributed by atoms with Crippen LogP contribution in [0.4, 0.5) is 10.5 Å². The molecule has 1 aliphatic heterocycles. The summed E-state index contributed by atoms with van der Waals surface area (Å²) in [6.45, 7) is 4.23. The van der Waals surface area contributed by atoms with E-state index in [-0.39, 0.29) is 12.6 Å². The van der Waals surface area contributed by atoms with Crippen LogP contribution in [0.5, 0.6) is 0 Å². The number of hydrogen-bond acceptors (Lipinski definition) is 5. The molecular weight excluding hydrogens is 286 g/mol. The second kappa shape index (κ2) is 5.30. The number of carbonyl (C=O) groups excluding carboxylic acids is 2. The molecular formula is C14H17N5O3. The zero-order chi connectivity index (χ0) is 15.9. The maximum absolute atomic E-state index is 11.9. The number of fused-ring (bicyclic) bond motifs is 1. The fourth-order valence-corrected chi connectivity index (χ4v) is 2.52. The van der Waals surface area contributed by atoms with Gasteiger partial charge in [0.2, 0.25) is 6.10 Å². The van der Waals surface area contributed by atoms with Gasteiger partial charge in [0, 0.05) is 17.1 Å². The number of hydrogen-bond donors (Lipinski definition) is 2. The van der Waals surface area contributed by atoms with Crippen molar-refractivity contribution in [1.29, 1.82) is 0 Å². The van der Waals surface area contributed by atoms with E-state index in [2.05, 4.69) is 5.10 Å². The van der Waals surface area contributed by atoms with Crippen molar-refractivity contribution in [1.82, 2.24) is 15.2 Å². The quantitative estimate of drug-likeness (QED) is 0.499. The first-order valence-electron chi connectivity index (χ1n) is 6.97. The summed E-state index contributed by atoms with van der Waals surface area (Å²) in [5.74, 6) is 4.54. The van der Waals surface area contributed by atoms with Gasteiger partial charge >= 0.3 is 6.09 Å². The maximum atomic E-state index is 11.9. The van der Waals surface area contributed by atoms with Gasteiger partial charge in [-0.05, 0) is 32.0 Å². The molecule has 0 radical (unpaired) electrons. The number of benzene rings is 1. The molecule has 0 aliphatic carbocycles. The van der Waals surface area contributed by atoms with Crippen LogP contribution in [-0.4, -0.2) is 34.4 Å². The molecule has 1 fully saturated rings. The third-order valence-electron chi connectivity index (χ3n) is 3.63. The lowest BCUT2D eigenvalue weighted by molar-refractivity contribution is -0.127. The molecule has 0 spiro atoms. The summed E-state index contributed by atoms with van der Waals surface area (Å²) in [5, 5.41) is 5.26. The van der Waals surface area contributed by atoms with Gasteiger partial charge in [0.05, 0.1) is 18.3 Å². The van der Waals surface area contributed by atoms with Crippen molar-refractivity contribution < 1.29 is 14.3 Å². The lowest BCUT2D eigenvalue weighted by Gasteiger charge is -2.13. The van der Waals surface area contributed by atoms with Gasteiger partial charge in [-0.3, -0.25) is 19.8 Å². The lowest BCUT2D eigenvalue weighted by Crippen LogP contribution is -2.41. The molecule has 0 saturated carbocycles. The van der Waals surface area contributed by atoms with E-state index in [1.165, 1.54) is 4.90 Å². The fourth-order valence-electron chi connectivity index (χ4n) is 2.52. The van der Waals surface area contributed by atoms with Crippen molar-refractivity contribution in [3.63, 3.8) is 0 Å². The average Bonchev–Trinajstić information content (AvgIpc) is 3.09. The van der Waals surface area contributed by atoms with Crippen molar-refractivity contribution >= 4 is 28.6 Å². The molecule has 2 heterocycles. The van der Waals surface area contributed by atoms with Crippen LogP contribution in [0.3, 0.4) is 0 Å². The number of ether oxygens (including phenoxy) is 1. The third kappa shape index (κ3) is 2.27. The van der Waals surface area contributed by atoms with Gasteiger partial charge in [-0.1, -0.05) is 0 Å². The lowest BCUT2D eigenvalue weighted by atomic mass is 10.2. The Hall–Kier alpha value is -2.61. The Labute approximate surface area is 126 Å². The molecule has 1 saturated heterocycles. The number of carbonyl (C=O) groups is 2. The predicted molar refractivity (Wildman–Crippen MR) is 80.1 cm³/mol. The number of anilines is 1. The molecule has 1 atom stereocenters. The van der Waals surface area contributed by atoms with E-state index in [0.29, 0.717) is 5.69 Å². The molecule has 1 aromatic carbocycles. The van der Waals surface area contributed by atoms with Crippen LogP contribution in [0.2, 0.25) is 0 Å². The molecule has 3 N–H and O–H groups in total. The van der Waals surface area contributed by atoms with Crippen molar-refractivity contribution in [2.75, 3.05) is 11.4 Å². The van der Waals surface area contributed by atoms with Crippen molar-refractivity contribution in [3.8, 4) is 0 Å². The molecule has 3 rings (SSSR count). The Morgan fingerprint density at radius 1 is 1.50 bits per heavy atom. The van der Waals surface area contributed by atoms with E-state index < -0.39 is 18.1 Å².